The van der Waals surface area contributed by atoms with Crippen molar-refractivity contribution >= 4 is 5.91 Å². The maximum atomic E-state index is 13.7. The summed E-state index contributed by atoms with van der Waals surface area (Å²) in [6, 6.07) is 5.45. The third kappa shape index (κ3) is 3.81. The summed E-state index contributed by atoms with van der Waals surface area (Å²) in [6.45, 7) is 3.80. The molecule has 2 bridgehead atoms. The molecule has 1 amide bonds. The lowest BCUT2D eigenvalue weighted by molar-refractivity contribution is -0.137. The zero-order valence-corrected chi connectivity index (χ0v) is 17.9. The molecule has 0 radical (unpaired) electrons. The van der Waals surface area contributed by atoms with Gasteiger partial charge in [-0.1, -0.05) is 0 Å². The Morgan fingerprint density at radius 3 is 2.52 bits per heavy atom. The predicted molar refractivity (Wildman–Crippen MR) is 110 cm³/mol. The first kappa shape index (κ1) is 21.4. The molecule has 2 aliphatic rings. The molecule has 2 unspecified atom stereocenters. The van der Waals surface area contributed by atoms with Gasteiger partial charge in [-0.15, -0.1) is 4.80 Å². The Morgan fingerprint density at radius 2 is 1.88 bits per heavy atom. The second kappa shape index (κ2) is 7.82. The van der Waals surface area contributed by atoms with E-state index in [4.69, 9.17) is 4.74 Å². The van der Waals surface area contributed by atoms with Crippen molar-refractivity contribution in [1.82, 2.24) is 29.9 Å². The van der Waals surface area contributed by atoms with Crippen molar-refractivity contribution in [3.05, 3.63) is 59.8 Å². The molecule has 3 aromatic heterocycles. The SMILES string of the molecule is Cc1ccc(-n2nccn2)c(C(=O)N2C(C)C3C[C@@H](Oc4ccc(C(F)(F)F)cn4)[C@@H]2C3)n1. The second-order valence-corrected chi connectivity index (χ2v) is 8.43. The third-order valence-electron chi connectivity index (χ3n) is 6.41. The van der Waals surface area contributed by atoms with Crippen LogP contribution in [0.25, 0.3) is 5.69 Å². The molecule has 2 fully saturated rings. The van der Waals surface area contributed by atoms with Crippen LogP contribution in [-0.4, -0.2) is 54.0 Å². The number of hydrogen-bond donors (Lipinski definition) is 0. The largest absolute Gasteiger partial charge is 0.472 e. The lowest BCUT2D eigenvalue weighted by Gasteiger charge is -2.37. The number of alkyl halides is 3. The minimum atomic E-state index is -4.46. The molecule has 5 rings (SSSR count). The number of carbonyl (C=O) groups is 1. The number of aryl methyl sites for hydroxylation is 1. The first-order chi connectivity index (χ1) is 15.7. The van der Waals surface area contributed by atoms with Crippen molar-refractivity contribution in [2.45, 2.75) is 51.1 Å². The first-order valence-corrected chi connectivity index (χ1v) is 10.6. The van der Waals surface area contributed by atoms with Gasteiger partial charge >= 0.3 is 6.18 Å². The fourth-order valence-electron chi connectivity index (χ4n) is 4.79. The number of amides is 1. The monoisotopic (exact) mass is 458 g/mol. The summed E-state index contributed by atoms with van der Waals surface area (Å²) in [7, 11) is 0. The maximum Gasteiger partial charge on any atom is 0.417 e. The Morgan fingerprint density at radius 1 is 1.12 bits per heavy atom. The molecule has 172 valence electrons. The average molecular weight is 458 g/mol. The number of carbonyl (C=O) groups excluding carboxylic acids is 1. The summed E-state index contributed by atoms with van der Waals surface area (Å²) in [5.41, 5.74) is 0.580. The number of ether oxygens (including phenoxy) is 1. The van der Waals surface area contributed by atoms with Crippen LogP contribution in [0.4, 0.5) is 13.2 Å². The van der Waals surface area contributed by atoms with Crippen LogP contribution in [0, 0.1) is 12.8 Å². The number of halogens is 3. The van der Waals surface area contributed by atoms with Gasteiger partial charge in [0.25, 0.3) is 5.91 Å². The van der Waals surface area contributed by atoms with Gasteiger partial charge in [0.2, 0.25) is 5.88 Å². The quantitative estimate of drug-likeness (QED) is 0.595. The molecular formula is C22H21F3N6O2. The van der Waals surface area contributed by atoms with Gasteiger partial charge in [0, 0.05) is 24.0 Å². The molecule has 33 heavy (non-hydrogen) atoms. The standard InChI is InChI=1S/C22H21F3N6O2/c1-12-3-5-16(31-27-7-8-28-31)20(29-12)21(32)30-13(2)14-9-17(30)18(10-14)33-19-6-4-15(11-26-19)22(23,24)25/h3-8,11,13-14,17-18H,9-10H2,1-2H3/t13?,14?,17-,18+/m0/s1. The highest BCUT2D eigenvalue weighted by molar-refractivity contribution is 5.96. The van der Waals surface area contributed by atoms with Crippen molar-refractivity contribution in [1.29, 1.82) is 0 Å². The number of fused-ring (bicyclic) bond motifs is 2. The van der Waals surface area contributed by atoms with E-state index in [2.05, 4.69) is 20.2 Å². The number of nitrogens with zero attached hydrogens (tertiary/aromatic N) is 6. The highest BCUT2D eigenvalue weighted by Gasteiger charge is 2.53. The van der Waals surface area contributed by atoms with E-state index in [1.165, 1.54) is 23.3 Å². The van der Waals surface area contributed by atoms with Crippen LogP contribution >= 0.6 is 0 Å². The second-order valence-electron chi connectivity index (χ2n) is 8.43. The van der Waals surface area contributed by atoms with Crippen molar-refractivity contribution in [3.8, 4) is 11.6 Å². The van der Waals surface area contributed by atoms with Gasteiger partial charge in [-0.25, -0.2) is 9.97 Å². The molecule has 1 saturated carbocycles. The van der Waals surface area contributed by atoms with Crippen LogP contribution in [0.5, 0.6) is 5.88 Å². The van der Waals surface area contributed by atoms with Crippen LogP contribution in [0.2, 0.25) is 0 Å². The summed E-state index contributed by atoms with van der Waals surface area (Å²) in [5, 5.41) is 8.26. The number of likely N-dealkylation sites (tertiary alicyclic amines) is 1. The Labute approximate surface area is 187 Å². The van der Waals surface area contributed by atoms with E-state index in [1.54, 1.807) is 24.0 Å². The topological polar surface area (TPSA) is 86.0 Å². The molecule has 0 spiro atoms. The van der Waals surface area contributed by atoms with Gasteiger partial charge < -0.3 is 9.64 Å². The minimum Gasteiger partial charge on any atom is -0.472 e. The van der Waals surface area contributed by atoms with Gasteiger partial charge in [0.15, 0.2) is 5.69 Å². The van der Waals surface area contributed by atoms with E-state index in [-0.39, 0.29) is 41.6 Å². The lowest BCUT2D eigenvalue weighted by atomic mass is 9.98. The number of pyridine rings is 2. The zero-order chi connectivity index (χ0) is 23.3. The fourth-order valence-corrected chi connectivity index (χ4v) is 4.79. The van der Waals surface area contributed by atoms with E-state index in [1.807, 2.05) is 6.92 Å². The minimum absolute atomic E-state index is 0.0244. The van der Waals surface area contributed by atoms with Crippen molar-refractivity contribution in [3.63, 3.8) is 0 Å². The van der Waals surface area contributed by atoms with E-state index in [0.717, 1.165) is 18.7 Å². The van der Waals surface area contributed by atoms with Crippen LogP contribution in [0.1, 0.15) is 41.5 Å². The van der Waals surface area contributed by atoms with E-state index in [9.17, 15) is 18.0 Å². The third-order valence-corrected chi connectivity index (χ3v) is 6.41. The molecule has 11 heteroatoms. The fraction of sp³-hybridized carbons (Fsp3) is 0.409. The lowest BCUT2D eigenvalue weighted by Crippen LogP contribution is -2.51. The molecule has 0 aromatic carbocycles. The summed E-state index contributed by atoms with van der Waals surface area (Å²) >= 11 is 0. The highest BCUT2D eigenvalue weighted by atomic mass is 19.4. The normalized spacial score (nSPS) is 24.3. The van der Waals surface area contributed by atoms with Crippen molar-refractivity contribution < 1.29 is 22.7 Å². The highest BCUT2D eigenvalue weighted by Crippen LogP contribution is 2.44. The van der Waals surface area contributed by atoms with E-state index in [0.29, 0.717) is 17.8 Å². The molecule has 4 heterocycles. The summed E-state index contributed by atoms with van der Waals surface area (Å²) in [4.78, 5) is 25.1. The van der Waals surface area contributed by atoms with Crippen LogP contribution in [0.15, 0.2) is 42.9 Å². The molecule has 0 N–H and O–H groups in total. The van der Waals surface area contributed by atoms with Crippen molar-refractivity contribution in [2.24, 2.45) is 5.92 Å². The molecule has 4 atom stereocenters. The summed E-state index contributed by atoms with van der Waals surface area (Å²) in [5.74, 6) is 0.0740. The maximum absolute atomic E-state index is 13.7. The number of aromatic nitrogens is 5. The molecule has 1 aliphatic carbocycles. The van der Waals surface area contributed by atoms with Gasteiger partial charge in [0.05, 0.1) is 24.0 Å². The zero-order valence-electron chi connectivity index (χ0n) is 17.9. The van der Waals surface area contributed by atoms with Gasteiger partial charge in [0.1, 0.15) is 11.8 Å². The summed E-state index contributed by atoms with van der Waals surface area (Å²) < 4.78 is 44.4. The Hall–Kier alpha value is -3.50. The van der Waals surface area contributed by atoms with E-state index < -0.39 is 11.7 Å². The Kier molecular flexibility index (Phi) is 5.06. The molecule has 8 nitrogen and oxygen atoms in total. The smallest absolute Gasteiger partial charge is 0.417 e. The molecular weight excluding hydrogens is 437 g/mol. The van der Waals surface area contributed by atoms with Crippen LogP contribution in [-0.2, 0) is 6.18 Å². The number of rotatable bonds is 4. The number of hydrogen-bond acceptors (Lipinski definition) is 6. The van der Waals surface area contributed by atoms with Crippen LogP contribution in [0.3, 0.4) is 0 Å². The Bertz CT molecular complexity index is 1170. The van der Waals surface area contributed by atoms with Gasteiger partial charge in [-0.3, -0.25) is 4.79 Å². The van der Waals surface area contributed by atoms with Gasteiger partial charge in [-0.05, 0) is 50.8 Å². The van der Waals surface area contributed by atoms with Crippen molar-refractivity contribution in [2.75, 3.05) is 0 Å². The molecule has 1 aliphatic heterocycles. The average Bonchev–Trinajstić information content (AvgIpc) is 3.50. The Balaban J connectivity index is 1.40. The summed E-state index contributed by atoms with van der Waals surface area (Å²) in [6.07, 6.45) is 0.430. The molecule has 1 saturated heterocycles. The van der Waals surface area contributed by atoms with Crippen LogP contribution < -0.4 is 4.74 Å². The predicted octanol–water partition coefficient (Wildman–Crippen LogP) is 3.46. The van der Waals surface area contributed by atoms with E-state index >= 15 is 0 Å². The first-order valence-electron chi connectivity index (χ1n) is 10.6. The van der Waals surface area contributed by atoms with Gasteiger partial charge in [-0.2, -0.15) is 23.4 Å². The molecule has 3 aromatic rings. The number of piperidine rings is 1.